The molecule has 0 amide bonds. The Kier molecular flexibility index (Phi) is 3.95. The molecule has 0 aliphatic rings. The molecule has 0 aliphatic carbocycles. The van der Waals surface area contributed by atoms with Crippen molar-refractivity contribution in [3.8, 4) is 0 Å². The Labute approximate surface area is 90.9 Å². The predicted octanol–water partition coefficient (Wildman–Crippen LogP) is 1.65. The Bertz CT molecular complexity index is 384. The molecule has 0 radical (unpaired) electrons. The van der Waals surface area contributed by atoms with E-state index in [-0.39, 0.29) is 6.61 Å². The van der Waals surface area contributed by atoms with Crippen molar-refractivity contribution >= 4 is 18.1 Å². The minimum atomic E-state index is -2.26. The lowest BCUT2D eigenvalue weighted by atomic mass is 10.2. The van der Waals surface area contributed by atoms with Crippen LogP contribution in [-0.4, -0.2) is 31.6 Å². The summed E-state index contributed by atoms with van der Waals surface area (Å²) in [7, 11) is -2.26. The Morgan fingerprint density at radius 1 is 1.40 bits per heavy atom. The van der Waals surface area contributed by atoms with Crippen LogP contribution in [0.4, 0.5) is 5.69 Å². The first-order chi connectivity index (χ1) is 6.95. The minimum absolute atomic E-state index is 0.0745. The van der Waals surface area contributed by atoms with Crippen molar-refractivity contribution in [2.75, 3.05) is 31.8 Å². The van der Waals surface area contributed by atoms with E-state index in [1.54, 1.807) is 13.3 Å². The van der Waals surface area contributed by atoms with Crippen molar-refractivity contribution in [3.63, 3.8) is 0 Å². The zero-order valence-corrected chi connectivity index (χ0v) is 10.3. The lowest BCUT2D eigenvalue weighted by molar-refractivity contribution is 0.311. The van der Waals surface area contributed by atoms with E-state index in [0.717, 1.165) is 16.6 Å². The summed E-state index contributed by atoms with van der Waals surface area (Å²) in [5.41, 5.74) is 1.99. The van der Waals surface area contributed by atoms with Crippen molar-refractivity contribution in [2.45, 2.75) is 6.92 Å². The van der Waals surface area contributed by atoms with Gasteiger partial charge in [-0.25, -0.2) is 0 Å². The van der Waals surface area contributed by atoms with E-state index in [1.165, 1.54) is 0 Å². The van der Waals surface area contributed by atoms with Crippen LogP contribution in [0.25, 0.3) is 0 Å². The van der Waals surface area contributed by atoms with Gasteiger partial charge in [-0.05, 0) is 37.9 Å². The van der Waals surface area contributed by atoms with Crippen LogP contribution in [0.3, 0.4) is 0 Å². The van der Waals surface area contributed by atoms with E-state index < -0.39 is 7.14 Å². The lowest BCUT2D eigenvalue weighted by Crippen LogP contribution is -2.15. The van der Waals surface area contributed by atoms with E-state index in [2.05, 4.69) is 5.32 Å². The molecule has 0 bridgehead atoms. The van der Waals surface area contributed by atoms with Crippen LogP contribution in [0.1, 0.15) is 5.56 Å². The van der Waals surface area contributed by atoms with Gasteiger partial charge in [-0.2, -0.15) is 0 Å². The van der Waals surface area contributed by atoms with E-state index in [9.17, 15) is 4.57 Å². The van der Waals surface area contributed by atoms with Crippen LogP contribution in [0.5, 0.6) is 0 Å². The normalized spacial score (nSPS) is 11.5. The lowest BCUT2D eigenvalue weighted by Gasteiger charge is -2.15. The van der Waals surface area contributed by atoms with Gasteiger partial charge in [-0.1, -0.05) is 6.07 Å². The largest absolute Gasteiger partial charge is 0.395 e. The van der Waals surface area contributed by atoms with Crippen LogP contribution in [0.15, 0.2) is 18.2 Å². The van der Waals surface area contributed by atoms with Crippen molar-refractivity contribution in [1.29, 1.82) is 0 Å². The van der Waals surface area contributed by atoms with E-state index >= 15 is 0 Å². The number of benzene rings is 1. The molecule has 0 unspecified atom stereocenters. The summed E-state index contributed by atoms with van der Waals surface area (Å²) < 4.78 is 12.0. The molecule has 1 aromatic carbocycles. The molecule has 0 aromatic heterocycles. The highest BCUT2D eigenvalue weighted by atomic mass is 31.2. The highest BCUT2D eigenvalue weighted by Crippen LogP contribution is 2.37. The molecule has 0 heterocycles. The number of aliphatic hydroxyl groups excluding tert-OH is 1. The Hall–Kier alpha value is -0.790. The average Bonchev–Trinajstić information content (AvgIpc) is 2.12. The predicted molar refractivity (Wildman–Crippen MR) is 65.8 cm³/mol. The van der Waals surface area contributed by atoms with Crippen molar-refractivity contribution in [3.05, 3.63) is 23.8 Å². The number of hydrogen-bond donors (Lipinski definition) is 2. The number of nitrogens with one attached hydrogen (secondary N) is 1. The van der Waals surface area contributed by atoms with Gasteiger partial charge in [0.15, 0.2) is 0 Å². The molecule has 1 aromatic rings. The smallest absolute Gasteiger partial charge is 0.111 e. The highest BCUT2D eigenvalue weighted by molar-refractivity contribution is 7.70. The van der Waals surface area contributed by atoms with E-state index in [1.807, 2.05) is 25.1 Å². The van der Waals surface area contributed by atoms with Crippen molar-refractivity contribution in [2.24, 2.45) is 0 Å². The maximum Gasteiger partial charge on any atom is 0.111 e. The molecule has 0 aliphatic heterocycles. The van der Waals surface area contributed by atoms with Gasteiger partial charge in [0.2, 0.25) is 0 Å². The second-order valence-corrected chi connectivity index (χ2v) is 7.21. The molecule has 84 valence electrons. The van der Waals surface area contributed by atoms with Gasteiger partial charge in [0.05, 0.1) is 6.61 Å². The zero-order valence-electron chi connectivity index (χ0n) is 9.45. The number of anilines is 1. The Balaban J connectivity index is 3.09. The van der Waals surface area contributed by atoms with Gasteiger partial charge in [-0.3, -0.25) is 0 Å². The summed E-state index contributed by atoms with van der Waals surface area (Å²) in [6.07, 6.45) is 0. The molecule has 15 heavy (non-hydrogen) atoms. The standard InChI is InChI=1S/C11H18NO2P/c1-9-4-5-11(15(2,3)14)10(8-9)12-6-7-13/h4-5,8,12-13H,6-7H2,1-3H3. The maximum absolute atomic E-state index is 12.0. The molecule has 0 spiro atoms. The van der Waals surface area contributed by atoms with Gasteiger partial charge in [0, 0.05) is 17.5 Å². The summed E-state index contributed by atoms with van der Waals surface area (Å²) >= 11 is 0. The molecular weight excluding hydrogens is 209 g/mol. The van der Waals surface area contributed by atoms with E-state index in [4.69, 9.17) is 5.11 Å². The van der Waals surface area contributed by atoms with Crippen LogP contribution in [-0.2, 0) is 4.57 Å². The minimum Gasteiger partial charge on any atom is -0.395 e. The molecule has 0 atom stereocenters. The quantitative estimate of drug-likeness (QED) is 0.769. The topological polar surface area (TPSA) is 49.3 Å². The first kappa shape index (κ1) is 12.3. The van der Waals surface area contributed by atoms with E-state index in [0.29, 0.717) is 6.54 Å². The molecule has 4 heteroatoms. The maximum atomic E-state index is 12.0. The van der Waals surface area contributed by atoms with Crippen molar-refractivity contribution < 1.29 is 9.67 Å². The number of aliphatic hydroxyl groups is 1. The van der Waals surface area contributed by atoms with Crippen LogP contribution in [0, 0.1) is 6.92 Å². The summed E-state index contributed by atoms with van der Waals surface area (Å²) in [6.45, 7) is 6.05. The van der Waals surface area contributed by atoms with Gasteiger partial charge in [0.1, 0.15) is 7.14 Å². The fourth-order valence-corrected chi connectivity index (χ4v) is 2.61. The molecule has 0 saturated carbocycles. The summed E-state index contributed by atoms with van der Waals surface area (Å²) in [6, 6.07) is 5.82. The third-order valence-electron chi connectivity index (χ3n) is 2.16. The zero-order chi connectivity index (χ0) is 11.5. The first-order valence-corrected chi connectivity index (χ1v) is 7.56. The van der Waals surface area contributed by atoms with Crippen LogP contribution >= 0.6 is 7.14 Å². The average molecular weight is 227 g/mol. The third kappa shape index (κ3) is 3.37. The van der Waals surface area contributed by atoms with Crippen molar-refractivity contribution in [1.82, 2.24) is 0 Å². The molecule has 0 saturated heterocycles. The second-order valence-electron chi connectivity index (χ2n) is 4.02. The SMILES string of the molecule is Cc1ccc(P(C)(C)=O)c(NCCO)c1. The molecule has 0 fully saturated rings. The molecule has 3 nitrogen and oxygen atoms in total. The van der Waals surface area contributed by atoms with Crippen LogP contribution in [0.2, 0.25) is 0 Å². The number of aryl methyl sites for hydroxylation is 1. The van der Waals surface area contributed by atoms with Gasteiger partial charge in [0.25, 0.3) is 0 Å². The number of rotatable bonds is 4. The van der Waals surface area contributed by atoms with Gasteiger partial charge >= 0.3 is 0 Å². The molecular formula is C11H18NO2P. The Morgan fingerprint density at radius 2 is 2.07 bits per heavy atom. The van der Waals surface area contributed by atoms with Crippen LogP contribution < -0.4 is 10.6 Å². The first-order valence-electron chi connectivity index (χ1n) is 4.96. The second kappa shape index (κ2) is 4.82. The fourth-order valence-electron chi connectivity index (χ4n) is 1.45. The van der Waals surface area contributed by atoms with Gasteiger partial charge < -0.3 is 15.0 Å². The summed E-state index contributed by atoms with van der Waals surface area (Å²) in [4.78, 5) is 0. The summed E-state index contributed by atoms with van der Waals surface area (Å²) in [5, 5.41) is 12.7. The monoisotopic (exact) mass is 227 g/mol. The molecule has 1 rings (SSSR count). The molecule has 2 N–H and O–H groups in total. The summed E-state index contributed by atoms with van der Waals surface area (Å²) in [5.74, 6) is 0. The third-order valence-corrected chi connectivity index (χ3v) is 3.71. The highest BCUT2D eigenvalue weighted by Gasteiger charge is 2.15. The Morgan fingerprint density at radius 3 is 2.60 bits per heavy atom. The van der Waals surface area contributed by atoms with Gasteiger partial charge in [-0.15, -0.1) is 0 Å². The fraction of sp³-hybridized carbons (Fsp3) is 0.455. The number of hydrogen-bond acceptors (Lipinski definition) is 3.